The molecule has 3 rings (SSSR count). The average Bonchev–Trinajstić information content (AvgIpc) is 3.27. The lowest BCUT2D eigenvalue weighted by Crippen LogP contribution is -2.48. The van der Waals surface area contributed by atoms with Crippen LogP contribution in [0.2, 0.25) is 0 Å². The zero-order valence-corrected chi connectivity index (χ0v) is 20.6. The maximum Gasteiger partial charge on any atom is 0.223 e. The third kappa shape index (κ3) is 7.96. The molecule has 1 aliphatic heterocycles. The van der Waals surface area contributed by atoms with Gasteiger partial charge < -0.3 is 20.9 Å². The summed E-state index contributed by atoms with van der Waals surface area (Å²) in [6.45, 7) is 6.31. The minimum Gasteiger partial charge on any atom is -0.363 e. The van der Waals surface area contributed by atoms with Gasteiger partial charge in [-0.1, -0.05) is 19.3 Å². The molecule has 0 aromatic carbocycles. The van der Waals surface area contributed by atoms with E-state index in [0.717, 1.165) is 51.3 Å². The average molecular weight is 534 g/mol. The predicted molar refractivity (Wildman–Crippen MR) is 134 cm³/mol. The van der Waals surface area contributed by atoms with Crippen LogP contribution in [0, 0.1) is 5.92 Å². The molecular formula is C21H36IN5OS. The van der Waals surface area contributed by atoms with Gasteiger partial charge >= 0.3 is 0 Å². The van der Waals surface area contributed by atoms with Crippen LogP contribution in [0.25, 0.3) is 0 Å². The summed E-state index contributed by atoms with van der Waals surface area (Å²) < 4.78 is 0. The van der Waals surface area contributed by atoms with E-state index in [2.05, 4.69) is 50.3 Å². The van der Waals surface area contributed by atoms with Crippen molar-refractivity contribution in [3.63, 3.8) is 0 Å². The Morgan fingerprint density at radius 1 is 1.17 bits per heavy atom. The van der Waals surface area contributed by atoms with E-state index in [0.29, 0.717) is 19.1 Å². The number of carbonyl (C=O) groups is 1. The summed E-state index contributed by atoms with van der Waals surface area (Å²) in [5, 5.41) is 13.5. The minimum atomic E-state index is 0. The van der Waals surface area contributed by atoms with E-state index < -0.39 is 0 Å². The molecule has 29 heavy (non-hydrogen) atoms. The van der Waals surface area contributed by atoms with E-state index >= 15 is 0 Å². The summed E-state index contributed by atoms with van der Waals surface area (Å²) in [6.07, 6.45) is 7.97. The Labute approximate surface area is 196 Å². The van der Waals surface area contributed by atoms with Crippen molar-refractivity contribution in [2.45, 2.75) is 57.9 Å². The molecule has 0 radical (unpaired) electrons. The third-order valence-electron chi connectivity index (χ3n) is 5.65. The summed E-state index contributed by atoms with van der Waals surface area (Å²) in [5.41, 5.74) is 0. The van der Waals surface area contributed by atoms with Crippen molar-refractivity contribution in [1.82, 2.24) is 16.0 Å². The molecule has 2 aliphatic rings. The van der Waals surface area contributed by atoms with Crippen LogP contribution in [0.5, 0.6) is 0 Å². The van der Waals surface area contributed by atoms with Crippen LogP contribution in [0.1, 0.15) is 51.9 Å². The molecule has 2 fully saturated rings. The van der Waals surface area contributed by atoms with Crippen molar-refractivity contribution in [2.75, 3.05) is 37.6 Å². The highest BCUT2D eigenvalue weighted by Crippen LogP contribution is 2.25. The SMILES string of the molecule is CCNC(=NCCNC(=O)C1CCCCC1)NC1CCN(c2cccs2)CC1.I. The number of carbonyl (C=O) groups excluding carboxylic acids is 1. The Hall–Kier alpha value is -1.03. The monoisotopic (exact) mass is 533 g/mol. The van der Waals surface area contributed by atoms with Gasteiger partial charge in [0, 0.05) is 38.1 Å². The number of hydrogen-bond acceptors (Lipinski definition) is 4. The molecule has 8 heteroatoms. The molecule has 1 saturated carbocycles. The van der Waals surface area contributed by atoms with E-state index in [4.69, 9.17) is 0 Å². The quantitative estimate of drug-likeness (QED) is 0.217. The van der Waals surface area contributed by atoms with Gasteiger partial charge in [0.15, 0.2) is 5.96 Å². The largest absolute Gasteiger partial charge is 0.363 e. The van der Waals surface area contributed by atoms with Crippen LogP contribution >= 0.6 is 35.3 Å². The molecule has 0 spiro atoms. The van der Waals surface area contributed by atoms with Gasteiger partial charge in [-0.25, -0.2) is 0 Å². The summed E-state index contributed by atoms with van der Waals surface area (Å²) in [6, 6.07) is 4.77. The lowest BCUT2D eigenvalue weighted by atomic mass is 9.89. The van der Waals surface area contributed by atoms with Crippen molar-refractivity contribution >= 4 is 52.2 Å². The highest BCUT2D eigenvalue weighted by Gasteiger charge is 2.21. The molecule has 1 aromatic heterocycles. The highest BCUT2D eigenvalue weighted by atomic mass is 127. The number of rotatable bonds is 7. The molecule has 1 aromatic rings. The number of guanidine groups is 1. The fourth-order valence-electron chi connectivity index (χ4n) is 4.06. The molecule has 1 saturated heterocycles. The van der Waals surface area contributed by atoms with Crippen LogP contribution in [0.4, 0.5) is 5.00 Å². The molecule has 0 bridgehead atoms. The molecule has 164 valence electrons. The number of piperidine rings is 1. The number of anilines is 1. The van der Waals surface area contributed by atoms with Crippen molar-refractivity contribution < 1.29 is 4.79 Å². The Morgan fingerprint density at radius 3 is 2.59 bits per heavy atom. The number of hydrogen-bond donors (Lipinski definition) is 3. The normalized spacial score (nSPS) is 18.8. The molecule has 2 heterocycles. The van der Waals surface area contributed by atoms with Gasteiger partial charge in [-0.05, 0) is 50.1 Å². The second-order valence-corrected chi connectivity index (χ2v) is 8.67. The van der Waals surface area contributed by atoms with Crippen LogP contribution in [-0.2, 0) is 4.79 Å². The first-order valence-electron chi connectivity index (χ1n) is 10.9. The van der Waals surface area contributed by atoms with Gasteiger partial charge in [0.25, 0.3) is 0 Å². The van der Waals surface area contributed by atoms with Crippen molar-refractivity contribution in [3.05, 3.63) is 17.5 Å². The van der Waals surface area contributed by atoms with E-state index in [1.807, 2.05) is 11.3 Å². The first kappa shape index (κ1) is 24.2. The third-order valence-corrected chi connectivity index (χ3v) is 6.58. The maximum absolute atomic E-state index is 12.2. The zero-order valence-electron chi connectivity index (χ0n) is 17.5. The summed E-state index contributed by atoms with van der Waals surface area (Å²) in [4.78, 5) is 19.3. The Kier molecular flexibility index (Phi) is 11.1. The molecule has 1 aliphatic carbocycles. The Balaban J connectivity index is 0.00000300. The lowest BCUT2D eigenvalue weighted by molar-refractivity contribution is -0.125. The van der Waals surface area contributed by atoms with Crippen LogP contribution < -0.4 is 20.9 Å². The van der Waals surface area contributed by atoms with Crippen LogP contribution in [0.15, 0.2) is 22.5 Å². The molecule has 0 unspecified atom stereocenters. The number of halogens is 1. The maximum atomic E-state index is 12.2. The van der Waals surface area contributed by atoms with Crippen molar-refractivity contribution in [2.24, 2.45) is 10.9 Å². The second kappa shape index (κ2) is 13.3. The number of aliphatic imine (C=N–C) groups is 1. The van der Waals surface area contributed by atoms with Gasteiger partial charge in [-0.2, -0.15) is 0 Å². The van der Waals surface area contributed by atoms with E-state index in [9.17, 15) is 4.79 Å². The summed E-state index contributed by atoms with van der Waals surface area (Å²) in [7, 11) is 0. The van der Waals surface area contributed by atoms with Crippen molar-refractivity contribution in [1.29, 1.82) is 0 Å². The number of amides is 1. The molecular weight excluding hydrogens is 497 g/mol. The molecule has 0 atom stereocenters. The zero-order chi connectivity index (χ0) is 19.6. The Bertz CT molecular complexity index is 611. The van der Waals surface area contributed by atoms with Gasteiger partial charge in [0.2, 0.25) is 5.91 Å². The van der Waals surface area contributed by atoms with Gasteiger partial charge in [-0.3, -0.25) is 9.79 Å². The number of thiophene rings is 1. The fraction of sp³-hybridized carbons (Fsp3) is 0.714. The summed E-state index contributed by atoms with van der Waals surface area (Å²) >= 11 is 1.81. The number of nitrogens with zero attached hydrogens (tertiary/aromatic N) is 2. The second-order valence-electron chi connectivity index (χ2n) is 7.74. The molecule has 3 N–H and O–H groups in total. The first-order chi connectivity index (χ1) is 13.8. The van der Waals surface area contributed by atoms with E-state index in [1.54, 1.807) is 0 Å². The van der Waals surface area contributed by atoms with Crippen LogP contribution in [-0.4, -0.2) is 50.6 Å². The minimum absolute atomic E-state index is 0. The van der Waals surface area contributed by atoms with Crippen LogP contribution in [0.3, 0.4) is 0 Å². The summed E-state index contributed by atoms with van der Waals surface area (Å²) in [5.74, 6) is 1.30. The standard InChI is InChI=1S/C21H35N5OS.HI/c1-2-22-21(24-13-12-23-20(27)17-7-4-3-5-8-17)25-18-10-14-26(15-11-18)19-9-6-16-28-19;/h6,9,16-18H,2-5,7-8,10-15H2,1H3,(H,23,27)(H2,22,24,25);1H. The van der Waals surface area contributed by atoms with E-state index in [1.165, 1.54) is 24.3 Å². The predicted octanol–water partition coefficient (Wildman–Crippen LogP) is 3.59. The van der Waals surface area contributed by atoms with Crippen molar-refractivity contribution in [3.8, 4) is 0 Å². The number of nitrogens with one attached hydrogen (secondary N) is 3. The first-order valence-corrected chi connectivity index (χ1v) is 11.7. The topological polar surface area (TPSA) is 68.8 Å². The Morgan fingerprint density at radius 2 is 1.93 bits per heavy atom. The van der Waals surface area contributed by atoms with E-state index in [-0.39, 0.29) is 35.8 Å². The molecule has 1 amide bonds. The highest BCUT2D eigenvalue weighted by molar-refractivity contribution is 14.0. The fourth-order valence-corrected chi connectivity index (χ4v) is 4.85. The lowest BCUT2D eigenvalue weighted by Gasteiger charge is -2.33. The van der Waals surface area contributed by atoms with Gasteiger partial charge in [0.1, 0.15) is 0 Å². The smallest absolute Gasteiger partial charge is 0.223 e. The van der Waals surface area contributed by atoms with Gasteiger partial charge in [-0.15, -0.1) is 35.3 Å². The molecule has 6 nitrogen and oxygen atoms in total. The van der Waals surface area contributed by atoms with Gasteiger partial charge in [0.05, 0.1) is 11.5 Å².